The van der Waals surface area contributed by atoms with Gasteiger partial charge in [0.05, 0.1) is 12.4 Å². The van der Waals surface area contributed by atoms with Crippen LogP contribution in [0.5, 0.6) is 0 Å². The minimum absolute atomic E-state index is 0.0889. The van der Waals surface area contributed by atoms with Crippen LogP contribution >= 0.6 is 0 Å². The van der Waals surface area contributed by atoms with Crippen LogP contribution in [0.2, 0.25) is 0 Å². The largest absolute Gasteiger partial charge is 0.292 e. The molecule has 20 heavy (non-hydrogen) atoms. The molecule has 2 rings (SSSR count). The molecule has 0 aliphatic carbocycles. The van der Waals surface area contributed by atoms with Crippen LogP contribution in [0.4, 0.5) is 5.95 Å². The van der Waals surface area contributed by atoms with Gasteiger partial charge in [-0.2, -0.15) is 4.31 Å². The summed E-state index contributed by atoms with van der Waals surface area (Å²) in [6.07, 6.45) is 7.39. The highest BCUT2D eigenvalue weighted by Gasteiger charge is 2.33. The van der Waals surface area contributed by atoms with E-state index in [0.29, 0.717) is 6.54 Å². The van der Waals surface area contributed by atoms with Gasteiger partial charge in [-0.05, 0) is 19.3 Å². The standard InChI is InChI=1S/C12H21N5O2S/c1-2-5-10-6-3-4-7-17(10)20(18,19)11-8-14-12(16-13)15-9-11/h8-10H,2-7,13H2,1H3,(H,14,15,16). The molecule has 1 aromatic rings. The first-order chi connectivity index (χ1) is 9.59. The summed E-state index contributed by atoms with van der Waals surface area (Å²) >= 11 is 0. The van der Waals surface area contributed by atoms with Gasteiger partial charge < -0.3 is 0 Å². The molecule has 0 spiro atoms. The van der Waals surface area contributed by atoms with Crippen LogP contribution in [-0.2, 0) is 10.0 Å². The fourth-order valence-corrected chi connectivity index (χ4v) is 4.19. The van der Waals surface area contributed by atoms with Crippen LogP contribution in [0.25, 0.3) is 0 Å². The van der Waals surface area contributed by atoms with Crippen LogP contribution < -0.4 is 11.3 Å². The fourth-order valence-electron chi connectivity index (χ4n) is 2.57. The van der Waals surface area contributed by atoms with Crippen molar-refractivity contribution >= 4 is 16.0 Å². The van der Waals surface area contributed by atoms with E-state index in [1.54, 1.807) is 4.31 Å². The molecule has 1 aliphatic heterocycles. The highest BCUT2D eigenvalue weighted by Crippen LogP contribution is 2.27. The topological polar surface area (TPSA) is 101 Å². The van der Waals surface area contributed by atoms with Crippen LogP contribution in [0.3, 0.4) is 0 Å². The predicted molar refractivity (Wildman–Crippen MR) is 76.3 cm³/mol. The fraction of sp³-hybridized carbons (Fsp3) is 0.667. The van der Waals surface area contributed by atoms with Gasteiger partial charge in [0.25, 0.3) is 0 Å². The number of sulfonamides is 1. The maximum absolute atomic E-state index is 12.7. The van der Waals surface area contributed by atoms with Crippen LogP contribution in [0.1, 0.15) is 39.0 Å². The zero-order valence-electron chi connectivity index (χ0n) is 11.6. The molecule has 3 N–H and O–H groups in total. The monoisotopic (exact) mass is 299 g/mol. The molecule has 0 bridgehead atoms. The maximum Gasteiger partial charge on any atom is 0.246 e. The normalized spacial score (nSPS) is 20.8. The lowest BCUT2D eigenvalue weighted by Crippen LogP contribution is -2.43. The first kappa shape index (κ1) is 15.1. The van der Waals surface area contributed by atoms with Gasteiger partial charge in [-0.3, -0.25) is 5.43 Å². The van der Waals surface area contributed by atoms with Gasteiger partial charge in [0, 0.05) is 12.6 Å². The van der Waals surface area contributed by atoms with E-state index in [2.05, 4.69) is 22.3 Å². The van der Waals surface area contributed by atoms with Crippen molar-refractivity contribution in [2.45, 2.75) is 50.0 Å². The molecular weight excluding hydrogens is 278 g/mol. The maximum atomic E-state index is 12.7. The Bertz CT molecular complexity index is 529. The Labute approximate surface area is 119 Å². The molecule has 2 heterocycles. The van der Waals surface area contributed by atoms with Crippen molar-refractivity contribution in [2.75, 3.05) is 12.0 Å². The van der Waals surface area contributed by atoms with Crippen molar-refractivity contribution in [3.05, 3.63) is 12.4 Å². The van der Waals surface area contributed by atoms with E-state index in [1.807, 2.05) is 0 Å². The first-order valence-corrected chi connectivity index (χ1v) is 8.34. The molecule has 112 valence electrons. The van der Waals surface area contributed by atoms with Gasteiger partial charge in [0.15, 0.2) is 0 Å². The molecule has 0 saturated carbocycles. The lowest BCUT2D eigenvalue weighted by atomic mass is 10.0. The number of aromatic nitrogens is 2. The molecule has 1 atom stereocenters. The Morgan fingerprint density at radius 1 is 1.40 bits per heavy atom. The Morgan fingerprint density at radius 3 is 2.70 bits per heavy atom. The smallest absolute Gasteiger partial charge is 0.246 e. The number of hydrogen-bond donors (Lipinski definition) is 2. The van der Waals surface area contributed by atoms with Gasteiger partial charge in [0.1, 0.15) is 4.90 Å². The molecule has 0 amide bonds. The summed E-state index contributed by atoms with van der Waals surface area (Å²) in [5, 5.41) is 0. The third-order valence-corrected chi connectivity index (χ3v) is 5.46. The second kappa shape index (κ2) is 6.47. The summed E-state index contributed by atoms with van der Waals surface area (Å²) in [5.41, 5.74) is 2.28. The number of hydrogen-bond acceptors (Lipinski definition) is 6. The zero-order valence-corrected chi connectivity index (χ0v) is 12.4. The number of nitrogen functional groups attached to an aromatic ring is 1. The van der Waals surface area contributed by atoms with E-state index in [4.69, 9.17) is 5.84 Å². The Balaban J connectivity index is 2.26. The van der Waals surface area contributed by atoms with Crippen LogP contribution in [0, 0.1) is 0 Å². The zero-order chi connectivity index (χ0) is 14.6. The Hall–Kier alpha value is -1.25. The molecule has 0 radical (unpaired) electrons. The van der Waals surface area contributed by atoms with E-state index in [1.165, 1.54) is 12.4 Å². The number of nitrogens with one attached hydrogen (secondary N) is 1. The number of piperidine rings is 1. The lowest BCUT2D eigenvalue weighted by Gasteiger charge is -2.34. The van der Waals surface area contributed by atoms with Crippen molar-refractivity contribution in [3.8, 4) is 0 Å². The Morgan fingerprint density at radius 2 is 2.10 bits per heavy atom. The number of nitrogens with zero attached hydrogens (tertiary/aromatic N) is 3. The highest BCUT2D eigenvalue weighted by molar-refractivity contribution is 7.89. The molecule has 1 saturated heterocycles. The average Bonchev–Trinajstić information content (AvgIpc) is 2.48. The van der Waals surface area contributed by atoms with E-state index in [0.717, 1.165) is 32.1 Å². The average molecular weight is 299 g/mol. The van der Waals surface area contributed by atoms with Crippen molar-refractivity contribution in [1.82, 2.24) is 14.3 Å². The number of hydrazine groups is 1. The third-order valence-electron chi connectivity index (χ3n) is 3.56. The minimum atomic E-state index is -3.52. The summed E-state index contributed by atoms with van der Waals surface area (Å²) in [5.74, 6) is 5.38. The van der Waals surface area contributed by atoms with Gasteiger partial charge >= 0.3 is 0 Å². The highest BCUT2D eigenvalue weighted by atomic mass is 32.2. The van der Waals surface area contributed by atoms with Crippen molar-refractivity contribution < 1.29 is 8.42 Å². The molecule has 8 heteroatoms. The molecule has 1 aromatic heterocycles. The summed E-state index contributed by atoms with van der Waals surface area (Å²) < 4.78 is 26.9. The Kier molecular flexibility index (Phi) is 4.90. The number of rotatable bonds is 5. The SMILES string of the molecule is CCCC1CCCCN1S(=O)(=O)c1cnc(NN)nc1. The quantitative estimate of drug-likeness (QED) is 0.624. The van der Waals surface area contributed by atoms with E-state index in [9.17, 15) is 8.42 Å². The van der Waals surface area contributed by atoms with Crippen molar-refractivity contribution in [3.63, 3.8) is 0 Å². The van der Waals surface area contributed by atoms with E-state index < -0.39 is 10.0 Å². The summed E-state index contributed by atoms with van der Waals surface area (Å²) in [6, 6.07) is 0.0889. The summed E-state index contributed by atoms with van der Waals surface area (Å²) in [4.78, 5) is 7.88. The molecule has 1 unspecified atom stereocenters. The molecular formula is C12H21N5O2S. The third kappa shape index (κ3) is 3.08. The van der Waals surface area contributed by atoms with Crippen LogP contribution in [0.15, 0.2) is 17.3 Å². The van der Waals surface area contributed by atoms with Gasteiger partial charge in [-0.1, -0.05) is 19.8 Å². The molecule has 1 fully saturated rings. The van der Waals surface area contributed by atoms with E-state index in [-0.39, 0.29) is 16.9 Å². The lowest BCUT2D eigenvalue weighted by molar-refractivity contribution is 0.239. The molecule has 0 aromatic carbocycles. The van der Waals surface area contributed by atoms with Crippen molar-refractivity contribution in [2.24, 2.45) is 5.84 Å². The second-order valence-electron chi connectivity index (χ2n) is 4.94. The first-order valence-electron chi connectivity index (χ1n) is 6.90. The number of anilines is 1. The number of nitrogens with two attached hydrogens (primary N) is 1. The summed E-state index contributed by atoms with van der Waals surface area (Å²) in [7, 11) is -3.52. The van der Waals surface area contributed by atoms with Gasteiger partial charge in [-0.25, -0.2) is 24.2 Å². The second-order valence-corrected chi connectivity index (χ2v) is 6.83. The molecule has 1 aliphatic rings. The van der Waals surface area contributed by atoms with Gasteiger partial charge in [-0.15, -0.1) is 0 Å². The van der Waals surface area contributed by atoms with Gasteiger partial charge in [0.2, 0.25) is 16.0 Å². The molecule has 7 nitrogen and oxygen atoms in total. The minimum Gasteiger partial charge on any atom is -0.292 e. The predicted octanol–water partition coefficient (Wildman–Crippen LogP) is 1.11. The van der Waals surface area contributed by atoms with Crippen LogP contribution in [-0.4, -0.2) is 35.3 Å². The van der Waals surface area contributed by atoms with E-state index >= 15 is 0 Å². The van der Waals surface area contributed by atoms with Crippen molar-refractivity contribution in [1.29, 1.82) is 0 Å². The summed E-state index contributed by atoms with van der Waals surface area (Å²) in [6.45, 7) is 2.65.